The Labute approximate surface area is 99.1 Å². The fourth-order valence-electron chi connectivity index (χ4n) is 1.74. The van der Waals surface area contributed by atoms with Crippen molar-refractivity contribution in [3.63, 3.8) is 0 Å². The van der Waals surface area contributed by atoms with Crippen LogP contribution in [0.15, 0.2) is 29.2 Å². The van der Waals surface area contributed by atoms with E-state index in [9.17, 15) is 18.5 Å². The van der Waals surface area contributed by atoms with Crippen molar-refractivity contribution in [2.45, 2.75) is 24.3 Å². The van der Waals surface area contributed by atoms with Gasteiger partial charge in [0.05, 0.1) is 4.92 Å². The lowest BCUT2D eigenvalue weighted by Crippen LogP contribution is -2.15. The summed E-state index contributed by atoms with van der Waals surface area (Å²) < 4.78 is 25.5. The number of hydrogen-bond acceptors (Lipinski definition) is 4. The van der Waals surface area contributed by atoms with Crippen LogP contribution in [0.25, 0.3) is 0 Å². The number of nitro groups is 1. The lowest BCUT2D eigenvalue weighted by Gasteiger charge is -2.05. The first-order valence-corrected chi connectivity index (χ1v) is 6.67. The summed E-state index contributed by atoms with van der Waals surface area (Å²) in [6.45, 7) is 2.34. The van der Waals surface area contributed by atoms with Crippen LogP contribution >= 0.6 is 0 Å². The van der Waals surface area contributed by atoms with Gasteiger partial charge < -0.3 is 0 Å². The number of para-hydroxylation sites is 1. The van der Waals surface area contributed by atoms with E-state index in [4.69, 9.17) is 0 Å². The summed E-state index contributed by atoms with van der Waals surface area (Å²) in [6.07, 6.45) is 0.722. The second-order valence-corrected chi connectivity index (χ2v) is 5.72. The summed E-state index contributed by atoms with van der Waals surface area (Å²) in [6, 6.07) is 5.41. The topological polar surface area (TPSA) is 80.3 Å². The van der Waals surface area contributed by atoms with E-state index < -0.39 is 14.9 Å². The molecule has 2 atom stereocenters. The van der Waals surface area contributed by atoms with Crippen molar-refractivity contribution < 1.29 is 13.3 Å². The summed E-state index contributed by atoms with van der Waals surface area (Å²) in [5.74, 6) is 0. The Hall–Kier alpha value is -1.47. The number of nitrogens with zero attached hydrogens (tertiary/aromatic N) is 2. The zero-order valence-corrected chi connectivity index (χ0v) is 10.1. The van der Waals surface area contributed by atoms with Crippen LogP contribution in [-0.4, -0.2) is 30.2 Å². The standard InChI is InChI=1S/C10H12N2O4S/c1-2-8-7-11(8)17(15,16)10-6-4-3-5-9(10)12(13)14/h3-6,8H,2,7H2,1H3/t8-,11?/m0/s1. The molecular formula is C10H12N2O4S. The van der Waals surface area contributed by atoms with Crippen molar-refractivity contribution in [2.24, 2.45) is 0 Å². The summed E-state index contributed by atoms with van der Waals surface area (Å²) in [5.41, 5.74) is -0.366. The minimum Gasteiger partial charge on any atom is -0.258 e. The zero-order valence-electron chi connectivity index (χ0n) is 9.24. The van der Waals surface area contributed by atoms with Crippen molar-refractivity contribution >= 4 is 15.7 Å². The predicted molar refractivity (Wildman–Crippen MR) is 61.1 cm³/mol. The lowest BCUT2D eigenvalue weighted by molar-refractivity contribution is -0.387. The van der Waals surface area contributed by atoms with Gasteiger partial charge in [-0.25, -0.2) is 8.42 Å². The molecule has 0 N–H and O–H groups in total. The Balaban J connectivity index is 2.44. The van der Waals surface area contributed by atoms with Crippen LogP contribution in [0.3, 0.4) is 0 Å². The van der Waals surface area contributed by atoms with Gasteiger partial charge >= 0.3 is 0 Å². The first-order chi connectivity index (χ1) is 7.98. The molecular weight excluding hydrogens is 244 g/mol. The molecule has 6 nitrogen and oxygen atoms in total. The van der Waals surface area contributed by atoms with Crippen molar-refractivity contribution in [1.29, 1.82) is 0 Å². The van der Waals surface area contributed by atoms with Gasteiger partial charge in [-0.3, -0.25) is 10.1 Å². The van der Waals surface area contributed by atoms with E-state index in [0.29, 0.717) is 6.54 Å². The minimum absolute atomic E-state index is 0.0141. The van der Waals surface area contributed by atoms with Gasteiger partial charge in [0, 0.05) is 18.7 Å². The summed E-state index contributed by atoms with van der Waals surface area (Å²) in [4.78, 5) is 9.89. The first-order valence-electron chi connectivity index (χ1n) is 5.23. The molecule has 0 spiro atoms. The van der Waals surface area contributed by atoms with Gasteiger partial charge in [0.2, 0.25) is 10.0 Å². The second-order valence-electron chi connectivity index (χ2n) is 3.86. The molecule has 1 aromatic rings. The largest absolute Gasteiger partial charge is 0.289 e. The Bertz CT molecular complexity index is 555. The van der Waals surface area contributed by atoms with Crippen molar-refractivity contribution in [2.75, 3.05) is 6.54 Å². The molecule has 0 aliphatic carbocycles. The number of nitro benzene ring substituents is 1. The molecule has 1 aliphatic heterocycles. The van der Waals surface area contributed by atoms with Crippen LogP contribution in [0.2, 0.25) is 0 Å². The normalized spacial score (nSPS) is 23.4. The third kappa shape index (κ3) is 2.03. The fraction of sp³-hybridized carbons (Fsp3) is 0.400. The van der Waals surface area contributed by atoms with Crippen molar-refractivity contribution in [3.05, 3.63) is 34.4 Å². The summed E-state index contributed by atoms with van der Waals surface area (Å²) in [7, 11) is -3.71. The van der Waals surface area contributed by atoms with Crippen LogP contribution in [0, 0.1) is 10.1 Å². The van der Waals surface area contributed by atoms with Crippen LogP contribution in [0.1, 0.15) is 13.3 Å². The average molecular weight is 256 g/mol. The molecule has 1 aliphatic rings. The minimum atomic E-state index is -3.71. The van der Waals surface area contributed by atoms with E-state index in [1.54, 1.807) is 0 Å². The second kappa shape index (κ2) is 4.08. The molecule has 0 amide bonds. The summed E-state index contributed by atoms with van der Waals surface area (Å²) in [5, 5.41) is 10.8. The van der Waals surface area contributed by atoms with Crippen LogP contribution in [0.5, 0.6) is 0 Å². The molecule has 0 bridgehead atoms. The third-order valence-corrected chi connectivity index (χ3v) is 4.75. The van der Waals surface area contributed by atoms with Gasteiger partial charge in [0.25, 0.3) is 5.69 Å². The van der Waals surface area contributed by atoms with E-state index >= 15 is 0 Å². The number of rotatable bonds is 4. The monoisotopic (exact) mass is 256 g/mol. The molecule has 0 saturated carbocycles. The molecule has 1 aromatic carbocycles. The van der Waals surface area contributed by atoms with E-state index in [1.165, 1.54) is 28.6 Å². The molecule has 7 heteroatoms. The smallest absolute Gasteiger partial charge is 0.258 e. The highest BCUT2D eigenvalue weighted by Gasteiger charge is 2.45. The van der Waals surface area contributed by atoms with Gasteiger partial charge in [0.15, 0.2) is 4.90 Å². The third-order valence-electron chi connectivity index (χ3n) is 2.78. The zero-order chi connectivity index (χ0) is 12.6. The number of sulfonamides is 1. The van der Waals surface area contributed by atoms with Crippen LogP contribution < -0.4 is 0 Å². The SMILES string of the molecule is CC[C@H]1CN1S(=O)(=O)c1ccccc1[N+](=O)[O-]. The predicted octanol–water partition coefficient (Wildman–Crippen LogP) is 1.38. The highest BCUT2D eigenvalue weighted by Crippen LogP contribution is 2.34. The lowest BCUT2D eigenvalue weighted by atomic mass is 10.3. The molecule has 92 valence electrons. The summed E-state index contributed by atoms with van der Waals surface area (Å²) >= 11 is 0. The molecule has 0 aromatic heterocycles. The Kier molecular flexibility index (Phi) is 2.88. The van der Waals surface area contributed by atoms with Gasteiger partial charge in [-0.2, -0.15) is 4.31 Å². The number of benzene rings is 1. The molecule has 1 unspecified atom stereocenters. The van der Waals surface area contributed by atoms with Crippen LogP contribution in [-0.2, 0) is 10.0 Å². The van der Waals surface area contributed by atoms with Gasteiger partial charge in [0.1, 0.15) is 0 Å². The molecule has 2 rings (SSSR count). The molecule has 1 saturated heterocycles. The highest BCUT2D eigenvalue weighted by atomic mass is 32.2. The van der Waals surface area contributed by atoms with Gasteiger partial charge in [-0.1, -0.05) is 19.1 Å². The molecule has 17 heavy (non-hydrogen) atoms. The van der Waals surface area contributed by atoms with Crippen molar-refractivity contribution in [3.8, 4) is 0 Å². The van der Waals surface area contributed by atoms with Crippen molar-refractivity contribution in [1.82, 2.24) is 4.31 Å². The Morgan fingerprint density at radius 1 is 1.47 bits per heavy atom. The first kappa shape index (κ1) is 12.0. The molecule has 1 heterocycles. The van der Waals surface area contributed by atoms with E-state index in [2.05, 4.69) is 0 Å². The maximum Gasteiger partial charge on any atom is 0.289 e. The van der Waals surface area contributed by atoms with Gasteiger partial charge in [-0.15, -0.1) is 0 Å². The maximum absolute atomic E-state index is 12.1. The highest BCUT2D eigenvalue weighted by molar-refractivity contribution is 7.89. The van der Waals surface area contributed by atoms with E-state index in [-0.39, 0.29) is 16.6 Å². The Morgan fingerprint density at radius 2 is 2.12 bits per heavy atom. The average Bonchev–Trinajstić information content (AvgIpc) is 3.08. The number of hydrogen-bond donors (Lipinski definition) is 0. The molecule has 1 fully saturated rings. The van der Waals surface area contributed by atoms with Gasteiger partial charge in [-0.05, 0) is 12.5 Å². The van der Waals surface area contributed by atoms with Crippen LogP contribution in [0.4, 0.5) is 5.69 Å². The Morgan fingerprint density at radius 3 is 2.65 bits per heavy atom. The quantitative estimate of drug-likeness (QED) is 0.463. The van der Waals surface area contributed by atoms with E-state index in [0.717, 1.165) is 6.42 Å². The maximum atomic E-state index is 12.1. The fourth-order valence-corrected chi connectivity index (χ4v) is 3.56. The van der Waals surface area contributed by atoms with E-state index in [1.807, 2.05) is 6.92 Å². The molecule has 0 radical (unpaired) electrons.